The Hall–Kier alpha value is -3.92. The molecule has 0 unspecified atom stereocenters. The van der Waals surface area contributed by atoms with Gasteiger partial charge in [-0.15, -0.1) is 0 Å². The number of morpholine rings is 2. The van der Waals surface area contributed by atoms with Crippen molar-refractivity contribution in [1.82, 2.24) is 14.7 Å². The lowest BCUT2D eigenvalue weighted by atomic mass is 10.0. The molecule has 3 aliphatic rings. The number of ether oxygens (including phenoxy) is 4. The number of thiocarbonyl (C=S) groups is 1. The number of nitrogens with zero attached hydrogens (tertiary/aromatic N) is 3. The molecule has 0 radical (unpaired) electrons. The number of carboxylic acid groups (broad SMARTS) is 1. The number of benzene rings is 3. The van der Waals surface area contributed by atoms with Gasteiger partial charge in [-0.05, 0) is 66.1 Å². The summed E-state index contributed by atoms with van der Waals surface area (Å²) in [7, 11) is 0. The quantitative estimate of drug-likeness (QED) is 0.128. The number of halogens is 2. The van der Waals surface area contributed by atoms with E-state index < -0.39 is 17.6 Å². The predicted octanol–water partition coefficient (Wildman–Crippen LogP) is 5.54. The standard InChI is InChI=1S/C37H39F2N3O7S2/c38-30-5-2-26(22-31(30)39)25-3-6-32(49-19-13-40-9-15-46-16-10-40)28(20-25)23-34-35(43)42(37(50)51-34)8-1-14-48-33-7-4-27(36(44)45)21-29(33)24-41-11-17-47-18-12-41/h2-7,20-23H,1,8-19,24H2,(H,44,45). The van der Waals surface area contributed by atoms with Crippen LogP contribution in [0.5, 0.6) is 11.5 Å². The van der Waals surface area contributed by atoms with Crippen LogP contribution < -0.4 is 9.47 Å². The van der Waals surface area contributed by atoms with E-state index in [2.05, 4.69) is 9.80 Å². The van der Waals surface area contributed by atoms with Crippen LogP contribution in [0.4, 0.5) is 8.78 Å². The number of carbonyl (C=O) groups excluding carboxylic acids is 1. The second-order valence-electron chi connectivity index (χ2n) is 12.2. The topological polar surface area (TPSA) is 101 Å². The van der Waals surface area contributed by atoms with Gasteiger partial charge in [0.05, 0.1) is 43.5 Å². The Balaban J connectivity index is 1.13. The summed E-state index contributed by atoms with van der Waals surface area (Å²) in [5.74, 6) is -1.99. The lowest BCUT2D eigenvalue weighted by molar-refractivity contribution is -0.122. The molecule has 10 nitrogen and oxygen atoms in total. The summed E-state index contributed by atoms with van der Waals surface area (Å²) in [6.07, 6.45) is 2.21. The Kier molecular flexibility index (Phi) is 12.7. The molecule has 3 saturated heterocycles. The van der Waals surface area contributed by atoms with E-state index in [1.165, 1.54) is 28.8 Å². The van der Waals surface area contributed by atoms with Crippen LogP contribution in [0, 0.1) is 11.6 Å². The highest BCUT2D eigenvalue weighted by molar-refractivity contribution is 8.26. The van der Waals surface area contributed by atoms with Gasteiger partial charge in [0.1, 0.15) is 22.4 Å². The number of aromatic carboxylic acids is 1. The van der Waals surface area contributed by atoms with Gasteiger partial charge in [-0.25, -0.2) is 13.6 Å². The first-order valence-corrected chi connectivity index (χ1v) is 18.0. The van der Waals surface area contributed by atoms with E-state index >= 15 is 0 Å². The first kappa shape index (κ1) is 36.9. The van der Waals surface area contributed by atoms with Gasteiger partial charge in [0, 0.05) is 56.9 Å². The summed E-state index contributed by atoms with van der Waals surface area (Å²) < 4.78 is 51.4. The van der Waals surface area contributed by atoms with Gasteiger partial charge in [-0.3, -0.25) is 19.5 Å². The number of hydrogen-bond donors (Lipinski definition) is 1. The fourth-order valence-electron chi connectivity index (χ4n) is 5.97. The van der Waals surface area contributed by atoms with Gasteiger partial charge >= 0.3 is 5.97 Å². The van der Waals surface area contributed by atoms with Crippen LogP contribution in [0.25, 0.3) is 17.2 Å². The lowest BCUT2D eigenvalue weighted by Crippen LogP contribution is -2.38. The van der Waals surface area contributed by atoms with Crippen molar-refractivity contribution in [2.45, 2.75) is 13.0 Å². The first-order valence-electron chi connectivity index (χ1n) is 16.8. The zero-order valence-electron chi connectivity index (χ0n) is 28.0. The summed E-state index contributed by atoms with van der Waals surface area (Å²) >= 11 is 6.79. The molecule has 1 amide bonds. The molecule has 270 valence electrons. The monoisotopic (exact) mass is 739 g/mol. The molecule has 1 N–H and O–H groups in total. The lowest BCUT2D eigenvalue weighted by Gasteiger charge is -2.27. The van der Waals surface area contributed by atoms with Crippen molar-refractivity contribution < 1.29 is 42.4 Å². The molecule has 0 aromatic heterocycles. The minimum absolute atomic E-state index is 0.191. The molecule has 0 spiro atoms. The SMILES string of the molecule is O=C(O)c1ccc(OCCCN2C(=O)C(=Cc3cc(-c4ccc(F)c(F)c4)ccc3OCCN3CCOCC3)SC2=S)c(CN2CCOCC2)c1. The van der Waals surface area contributed by atoms with Crippen molar-refractivity contribution in [2.24, 2.45) is 0 Å². The first-order chi connectivity index (χ1) is 24.7. The molecule has 14 heteroatoms. The number of carbonyl (C=O) groups is 2. The maximum Gasteiger partial charge on any atom is 0.335 e. The average Bonchev–Trinajstić information content (AvgIpc) is 3.40. The number of rotatable bonds is 14. The zero-order valence-corrected chi connectivity index (χ0v) is 29.6. The van der Waals surface area contributed by atoms with E-state index in [1.54, 1.807) is 36.4 Å². The Labute approximate surface area is 304 Å². The summed E-state index contributed by atoms with van der Waals surface area (Å²) in [6, 6.07) is 13.9. The molecule has 0 saturated carbocycles. The number of carboxylic acids is 1. The normalized spacial score (nSPS) is 18.1. The van der Waals surface area contributed by atoms with E-state index in [1.807, 2.05) is 0 Å². The molecule has 6 rings (SSSR count). The minimum atomic E-state index is -1.00. The third-order valence-corrected chi connectivity index (χ3v) is 10.2. The van der Waals surface area contributed by atoms with Crippen molar-refractivity contribution in [3.8, 4) is 22.6 Å². The Morgan fingerprint density at radius 3 is 2.24 bits per heavy atom. The van der Waals surface area contributed by atoms with Crippen LogP contribution in [0.2, 0.25) is 0 Å². The molecule has 3 heterocycles. The summed E-state index contributed by atoms with van der Waals surface area (Å²) in [4.78, 5) is 31.6. The van der Waals surface area contributed by atoms with Crippen molar-refractivity contribution in [2.75, 3.05) is 78.9 Å². The molecular weight excluding hydrogens is 701 g/mol. The van der Waals surface area contributed by atoms with Crippen molar-refractivity contribution in [3.63, 3.8) is 0 Å². The maximum absolute atomic E-state index is 14.1. The molecule has 3 fully saturated rings. The van der Waals surface area contributed by atoms with Gasteiger partial charge in [0.25, 0.3) is 5.91 Å². The van der Waals surface area contributed by atoms with E-state index in [4.69, 9.17) is 31.2 Å². The van der Waals surface area contributed by atoms with Crippen LogP contribution in [-0.2, 0) is 20.8 Å². The van der Waals surface area contributed by atoms with Crippen LogP contribution in [0.15, 0.2) is 59.5 Å². The maximum atomic E-state index is 14.1. The molecular formula is C37H39F2N3O7S2. The average molecular weight is 740 g/mol. The summed E-state index contributed by atoms with van der Waals surface area (Å²) in [5.41, 5.74) is 2.70. The largest absolute Gasteiger partial charge is 0.493 e. The third-order valence-electron chi connectivity index (χ3n) is 8.78. The van der Waals surface area contributed by atoms with Gasteiger partial charge in [-0.1, -0.05) is 36.1 Å². The van der Waals surface area contributed by atoms with E-state index in [9.17, 15) is 23.5 Å². The third kappa shape index (κ3) is 9.70. The highest BCUT2D eigenvalue weighted by Crippen LogP contribution is 2.36. The van der Waals surface area contributed by atoms with Crippen LogP contribution in [0.1, 0.15) is 27.9 Å². The smallest absolute Gasteiger partial charge is 0.335 e. The molecule has 3 aromatic carbocycles. The minimum Gasteiger partial charge on any atom is -0.493 e. The molecule has 51 heavy (non-hydrogen) atoms. The van der Waals surface area contributed by atoms with E-state index in [-0.39, 0.29) is 18.1 Å². The molecule has 3 aromatic rings. The number of thioether (sulfide) groups is 1. The molecule has 0 atom stereocenters. The van der Waals surface area contributed by atoms with Gasteiger partial charge in [0.15, 0.2) is 11.6 Å². The molecule has 3 aliphatic heterocycles. The number of amides is 1. The van der Waals surface area contributed by atoms with Gasteiger partial charge in [-0.2, -0.15) is 0 Å². The second kappa shape index (κ2) is 17.5. The Bertz CT molecular complexity index is 1780. The Morgan fingerprint density at radius 1 is 0.843 bits per heavy atom. The van der Waals surface area contributed by atoms with Crippen molar-refractivity contribution >= 4 is 46.3 Å². The highest BCUT2D eigenvalue weighted by Gasteiger charge is 2.32. The summed E-state index contributed by atoms with van der Waals surface area (Å²) in [6.45, 7) is 8.01. The molecule has 0 bridgehead atoms. The van der Waals surface area contributed by atoms with E-state index in [0.717, 1.165) is 43.9 Å². The Morgan fingerprint density at radius 2 is 1.51 bits per heavy atom. The fourth-order valence-corrected chi connectivity index (χ4v) is 7.27. The predicted molar refractivity (Wildman–Crippen MR) is 194 cm³/mol. The second-order valence-corrected chi connectivity index (χ2v) is 13.9. The van der Waals surface area contributed by atoms with Crippen LogP contribution in [0.3, 0.4) is 0 Å². The zero-order chi connectivity index (χ0) is 35.7. The van der Waals surface area contributed by atoms with Crippen molar-refractivity contribution in [3.05, 3.63) is 87.8 Å². The van der Waals surface area contributed by atoms with Gasteiger partial charge in [0.2, 0.25) is 0 Å². The number of hydrogen-bond acceptors (Lipinski definition) is 10. The highest BCUT2D eigenvalue weighted by atomic mass is 32.2. The van der Waals surface area contributed by atoms with Crippen LogP contribution >= 0.6 is 24.0 Å². The van der Waals surface area contributed by atoms with Crippen molar-refractivity contribution in [1.29, 1.82) is 0 Å². The summed E-state index contributed by atoms with van der Waals surface area (Å²) in [5, 5.41) is 9.52. The van der Waals surface area contributed by atoms with Gasteiger partial charge < -0.3 is 24.1 Å². The fraction of sp³-hybridized carbons (Fsp3) is 0.378. The van der Waals surface area contributed by atoms with Crippen LogP contribution in [-0.4, -0.2) is 115 Å². The van der Waals surface area contributed by atoms with E-state index in [0.29, 0.717) is 96.5 Å². The molecule has 0 aliphatic carbocycles.